The number of phenolic OH excluding ortho intramolecular Hbond substituents is 2. The maximum absolute atomic E-state index is 15.1. The Morgan fingerprint density at radius 3 is 1.26 bits per heavy atom. The van der Waals surface area contributed by atoms with Gasteiger partial charge in [0.25, 0.3) is 0 Å². The van der Waals surface area contributed by atoms with E-state index in [0.29, 0.717) is 40.4 Å². The Labute approximate surface area is 826 Å². The number of aliphatic hydroxyl groups excluding tert-OH is 3. The molecule has 39 heteroatoms. The monoisotopic (exact) mass is 1970 g/mol. The lowest BCUT2D eigenvalue weighted by molar-refractivity contribution is -0.143. The predicted molar refractivity (Wildman–Crippen MR) is 534 cm³/mol. The summed E-state index contributed by atoms with van der Waals surface area (Å²) in [7, 11) is 0. The summed E-state index contributed by atoms with van der Waals surface area (Å²) in [5.74, 6) is -15.6. The summed E-state index contributed by atoms with van der Waals surface area (Å²) in [6.07, 6.45) is 11.4. The van der Waals surface area contributed by atoms with Gasteiger partial charge >= 0.3 is 0 Å². The van der Waals surface area contributed by atoms with E-state index in [2.05, 4.69) is 86.3 Å². The Morgan fingerprint density at radius 2 is 0.787 bits per heavy atom. The lowest BCUT2D eigenvalue weighted by atomic mass is 9.98. The zero-order valence-electron chi connectivity index (χ0n) is 83.9. The number of primary amides is 1. The van der Waals surface area contributed by atoms with Gasteiger partial charge in [-0.25, -0.2) is 0 Å². The number of hydrogen-bond donors (Lipinski definition) is 23. The standard InChI is InChI=1S/C102H155N19O20/c1-14-15-16-17-18-19-20-21-22-23-24-25-29-40-82(127)109-76(53-66-34-27-26-28-35-66)93(133)116-83(60(6)7)96(136)117-84(61(8)9)97(137)120-87(65(13)124)100(140)115-80(52-59(4)5)101(141)121-50-33-39-81(121)95(135)112-75(51-58(2)3)91(131)111-79(56-69-57-107-73-37-31-30-36-72(69)73)90(130)108-62(10)89(129)118-85(63(11)122)98(138)114-78(55-68-43-47-71(126)48-44-68)94(134)119-86(64(12)123)99(139)113-77(54-67-41-45-70(125)46-42-67)92(132)110-74(88(103)128)38-32-49-106-102(104)105/h26-28,30-31,34-37,41-48,57-65,74-81,83-87,107,122-126H,14-25,29,32-33,38-40,49-56H2,1-13H3,(H2,103,128)(H,108,130)(H,109,127)(H,110,132)(H,111,131)(H,112,135)(H,113,139)(H,114,138)(H,115,140)(H,116,133)(H,117,136)(H,118,129)(H,119,134)(H,120,137)(H4,104,105,106)/t62-,63+,64+,65+,74-,75-,76-,77-,78-,79-,80-,81-,83-,84-,85-,86-,87-/m0/s1. The topological polar surface area (TPSA) is 621 Å². The largest absolute Gasteiger partial charge is 0.508 e. The molecule has 25 N–H and O–H groups in total. The minimum absolute atomic E-state index is 0.00464. The van der Waals surface area contributed by atoms with E-state index in [1.807, 2.05) is 30.3 Å². The van der Waals surface area contributed by atoms with Gasteiger partial charge in [0.15, 0.2) is 5.96 Å². The van der Waals surface area contributed by atoms with E-state index in [4.69, 9.17) is 16.9 Å². The molecule has 1 aliphatic heterocycles. The molecule has 1 fully saturated rings. The molecule has 39 nitrogen and oxygen atoms in total. The van der Waals surface area contributed by atoms with E-state index in [1.165, 1.54) is 119 Å². The highest BCUT2D eigenvalue weighted by Gasteiger charge is 2.44. The normalized spacial score (nSPS) is 15.9. The van der Waals surface area contributed by atoms with Crippen molar-refractivity contribution in [2.75, 3.05) is 13.1 Å². The zero-order chi connectivity index (χ0) is 104. The second kappa shape index (κ2) is 59.7. The van der Waals surface area contributed by atoms with Gasteiger partial charge in [0, 0.05) is 62.3 Å². The van der Waals surface area contributed by atoms with Crippen LogP contribution in [0.4, 0.5) is 0 Å². The van der Waals surface area contributed by atoms with Crippen molar-refractivity contribution < 1.29 is 97.5 Å². The Hall–Kier alpha value is -12.8. The fourth-order valence-electron chi connectivity index (χ4n) is 16.8. The van der Waals surface area contributed by atoms with Crippen molar-refractivity contribution in [1.29, 1.82) is 5.41 Å². The van der Waals surface area contributed by atoms with Crippen LogP contribution in [0.1, 0.15) is 241 Å². The lowest BCUT2D eigenvalue weighted by Gasteiger charge is -2.32. The molecule has 1 saturated heterocycles. The van der Waals surface area contributed by atoms with Crippen LogP contribution in [-0.4, -0.2) is 246 Å². The van der Waals surface area contributed by atoms with E-state index in [9.17, 15) is 87.9 Å². The SMILES string of the molecule is CCCCCCCCCCCCCCCC(=O)N[C@@H](Cc1ccccc1)C(=O)N[C@H](C(=O)N[C@H](C(=O)N[C@H](C(=O)N[C@@H](CC(C)C)C(=O)N1CCC[C@H]1C(=O)N[C@@H](CC(C)C)C(=O)N[C@@H](Cc1c[nH]c2ccccc12)C(=O)N[C@@H](C)C(=O)N[C@H](C(=O)N[C@@H](Cc1ccc(O)cc1)C(=O)N[C@H](C(=O)N[C@@H](Cc1ccc(O)cc1)C(=O)N[C@@H](CCCNC(=N)N)C(N)=O)[C@@H](C)O)[C@@H](C)O)[C@@H](C)O)C(C)C)C(C)C. The van der Waals surface area contributed by atoms with Gasteiger partial charge in [-0.2, -0.15) is 0 Å². The van der Waals surface area contributed by atoms with Crippen LogP contribution in [0.2, 0.25) is 0 Å². The number of benzene rings is 4. The van der Waals surface area contributed by atoms with Crippen molar-refractivity contribution in [3.05, 3.63) is 132 Å². The van der Waals surface area contributed by atoms with Crippen molar-refractivity contribution in [3.8, 4) is 11.5 Å². The number of H-pyrrole nitrogens is 1. The maximum Gasteiger partial charge on any atom is 0.245 e. The van der Waals surface area contributed by atoms with Crippen LogP contribution in [0.15, 0.2) is 109 Å². The van der Waals surface area contributed by atoms with Gasteiger partial charge < -0.3 is 121 Å². The number of para-hydroxylation sites is 1. The summed E-state index contributed by atoms with van der Waals surface area (Å²) in [6, 6.07) is 6.34. The van der Waals surface area contributed by atoms with Crippen molar-refractivity contribution in [2.45, 2.75) is 347 Å². The molecule has 0 spiro atoms. The van der Waals surface area contributed by atoms with E-state index in [-0.39, 0.29) is 106 Å². The molecule has 0 aliphatic carbocycles. The summed E-state index contributed by atoms with van der Waals surface area (Å²) in [6.45, 7) is 21.0. The van der Waals surface area contributed by atoms with Crippen molar-refractivity contribution in [3.63, 3.8) is 0 Å². The Bertz CT molecular complexity index is 4900. The molecule has 0 radical (unpaired) electrons. The molecule has 4 aromatic carbocycles. The number of aromatic nitrogens is 1. The Morgan fingerprint density at radius 1 is 0.404 bits per heavy atom. The number of likely N-dealkylation sites (tertiary alicyclic amines) is 1. The van der Waals surface area contributed by atoms with Crippen LogP contribution in [0.3, 0.4) is 0 Å². The van der Waals surface area contributed by atoms with Gasteiger partial charge in [-0.05, 0) is 149 Å². The molecule has 17 atom stereocenters. The highest BCUT2D eigenvalue weighted by atomic mass is 16.3. The van der Waals surface area contributed by atoms with Crippen molar-refractivity contribution >= 4 is 105 Å². The summed E-state index contributed by atoms with van der Waals surface area (Å²) in [5, 5.41) is 98.9. The summed E-state index contributed by atoms with van der Waals surface area (Å²) in [4.78, 5) is 221. The first kappa shape index (κ1) is 117. The number of nitrogens with two attached hydrogens (primary N) is 2. The minimum atomic E-state index is -1.91. The number of carbonyl (C=O) groups is 15. The number of aliphatic hydroxyl groups is 3. The molecule has 0 bridgehead atoms. The van der Waals surface area contributed by atoms with Gasteiger partial charge in [0.05, 0.1) is 18.3 Å². The highest BCUT2D eigenvalue weighted by molar-refractivity contribution is 6.01. The smallest absolute Gasteiger partial charge is 0.245 e. The van der Waals surface area contributed by atoms with E-state index in [0.717, 1.165) is 45.1 Å². The molecule has 6 rings (SSSR count). The predicted octanol–water partition coefficient (Wildman–Crippen LogP) is 3.94. The molecular weight excluding hydrogens is 1810 g/mol. The maximum atomic E-state index is 15.1. The van der Waals surface area contributed by atoms with Crippen LogP contribution in [-0.2, 0) is 97.6 Å². The zero-order valence-corrected chi connectivity index (χ0v) is 83.9. The molecule has 2 heterocycles. The fraction of sp³-hybridized carbons (Fsp3) is 0.588. The van der Waals surface area contributed by atoms with Gasteiger partial charge in [0.1, 0.15) is 96.1 Å². The molecule has 5 aromatic rings. The van der Waals surface area contributed by atoms with Crippen LogP contribution < -0.4 is 85.9 Å². The number of guanidine groups is 1. The molecular formula is C102H155N19O20. The fourth-order valence-corrected chi connectivity index (χ4v) is 16.8. The molecule has 15 amide bonds. The third kappa shape index (κ3) is 40.0. The van der Waals surface area contributed by atoms with Crippen molar-refractivity contribution in [2.24, 2.45) is 35.1 Å². The number of rotatable bonds is 62. The molecule has 1 aliphatic rings. The Kier molecular flexibility index (Phi) is 49.5. The number of phenols is 2. The first-order valence-electron chi connectivity index (χ1n) is 49.7. The number of nitrogens with one attached hydrogen (secondary N) is 16. The molecule has 778 valence electrons. The van der Waals surface area contributed by atoms with Crippen LogP contribution in [0.5, 0.6) is 11.5 Å². The van der Waals surface area contributed by atoms with E-state index in [1.54, 1.807) is 85.9 Å². The van der Waals surface area contributed by atoms with Crippen LogP contribution in [0, 0.1) is 29.1 Å². The molecule has 0 saturated carbocycles. The highest BCUT2D eigenvalue weighted by Crippen LogP contribution is 2.26. The number of hydrogen-bond acceptors (Lipinski definition) is 21. The van der Waals surface area contributed by atoms with Gasteiger partial charge in [-0.3, -0.25) is 77.3 Å². The number of aromatic hydroxyl groups is 2. The third-order valence-electron chi connectivity index (χ3n) is 24.8. The number of unbranched alkanes of at least 4 members (excludes halogenated alkanes) is 12. The Balaban J connectivity index is 1.14. The van der Waals surface area contributed by atoms with Crippen LogP contribution in [0.25, 0.3) is 10.9 Å². The number of amides is 15. The minimum Gasteiger partial charge on any atom is -0.508 e. The quantitative estimate of drug-likeness (QED) is 0.0149. The average Bonchev–Trinajstić information content (AvgIpc) is 1.68. The average molecular weight is 1970 g/mol. The first-order valence-corrected chi connectivity index (χ1v) is 49.7. The summed E-state index contributed by atoms with van der Waals surface area (Å²) in [5.41, 5.74) is 13.7. The third-order valence-corrected chi connectivity index (χ3v) is 24.8. The molecule has 1 aromatic heterocycles. The molecule has 0 unspecified atom stereocenters. The summed E-state index contributed by atoms with van der Waals surface area (Å²) >= 11 is 0. The first-order chi connectivity index (χ1) is 66.9. The second-order valence-electron chi connectivity index (χ2n) is 38.7. The van der Waals surface area contributed by atoms with E-state index >= 15 is 9.59 Å². The van der Waals surface area contributed by atoms with E-state index < -0.39 is 204 Å². The lowest BCUT2D eigenvalue weighted by Crippen LogP contribution is -2.63. The number of carbonyl (C=O) groups excluding carboxylic acids is 15. The van der Waals surface area contributed by atoms with Crippen LogP contribution >= 0.6 is 0 Å². The number of aromatic amines is 1. The van der Waals surface area contributed by atoms with Gasteiger partial charge in [0.2, 0.25) is 88.6 Å². The van der Waals surface area contributed by atoms with Gasteiger partial charge in [-0.1, -0.05) is 212 Å². The number of nitrogens with zero attached hydrogens (tertiary/aromatic N) is 1. The second-order valence-corrected chi connectivity index (χ2v) is 38.7. The number of fused-ring (bicyclic) bond motifs is 1. The summed E-state index contributed by atoms with van der Waals surface area (Å²) < 4.78 is 0. The van der Waals surface area contributed by atoms with Crippen molar-refractivity contribution in [1.82, 2.24) is 84.3 Å². The van der Waals surface area contributed by atoms with Gasteiger partial charge in [-0.15, -0.1) is 0 Å². The molecule has 141 heavy (non-hydrogen) atoms.